The molecule has 0 aromatic rings. The molecule has 0 amide bonds. The molecule has 4 heteroatoms. The molecular weight excluding hydrogens is 208 g/mol. The molecule has 0 bridgehead atoms. The van der Waals surface area contributed by atoms with Gasteiger partial charge in [-0.25, -0.2) is 0 Å². The third-order valence-corrected chi connectivity index (χ3v) is 3.11. The average Bonchev–Trinajstić information content (AvgIpc) is 2.29. The summed E-state index contributed by atoms with van der Waals surface area (Å²) in [5.74, 6) is -1.06. The van der Waals surface area contributed by atoms with E-state index in [1.165, 1.54) is 7.11 Å². The Balaban J connectivity index is 5.16. The Kier molecular flexibility index (Phi) is 6.08. The first-order valence-corrected chi connectivity index (χ1v) is 5.74. The minimum Gasteiger partial charge on any atom is -0.468 e. The SMILES string of the molecule is CCOC(=O)C(C)(C(=O)OC)C(CC)CC. The Labute approximate surface area is 97.3 Å². The molecule has 0 aliphatic heterocycles. The number of esters is 2. The van der Waals surface area contributed by atoms with Crippen molar-refractivity contribution in [2.24, 2.45) is 11.3 Å². The van der Waals surface area contributed by atoms with Crippen LogP contribution in [0.4, 0.5) is 0 Å². The maximum absolute atomic E-state index is 11.9. The lowest BCUT2D eigenvalue weighted by atomic mass is 9.74. The standard InChI is InChI=1S/C12H22O4/c1-6-9(7-2)12(4,10(13)15-5)11(14)16-8-3/h9H,6-8H2,1-5H3. The molecule has 0 radical (unpaired) electrons. The Hall–Kier alpha value is -1.06. The van der Waals surface area contributed by atoms with Gasteiger partial charge in [0, 0.05) is 0 Å². The van der Waals surface area contributed by atoms with Crippen LogP contribution in [0.2, 0.25) is 0 Å². The van der Waals surface area contributed by atoms with Gasteiger partial charge in [0.2, 0.25) is 0 Å². The molecule has 0 aromatic heterocycles. The van der Waals surface area contributed by atoms with Gasteiger partial charge in [-0.1, -0.05) is 26.7 Å². The summed E-state index contributed by atoms with van der Waals surface area (Å²) < 4.78 is 9.70. The first-order chi connectivity index (χ1) is 7.48. The van der Waals surface area contributed by atoms with Crippen LogP contribution in [0.25, 0.3) is 0 Å². The summed E-state index contributed by atoms with van der Waals surface area (Å²) in [5.41, 5.74) is -1.19. The Morgan fingerprint density at radius 1 is 1.12 bits per heavy atom. The number of methoxy groups -OCH3 is 1. The van der Waals surface area contributed by atoms with Crippen molar-refractivity contribution in [1.82, 2.24) is 0 Å². The summed E-state index contributed by atoms with van der Waals surface area (Å²) >= 11 is 0. The average molecular weight is 230 g/mol. The lowest BCUT2D eigenvalue weighted by molar-refractivity contribution is -0.174. The fourth-order valence-electron chi connectivity index (χ4n) is 2.01. The van der Waals surface area contributed by atoms with Crippen LogP contribution in [0.3, 0.4) is 0 Å². The maximum atomic E-state index is 11.9. The zero-order valence-electron chi connectivity index (χ0n) is 10.8. The van der Waals surface area contributed by atoms with Crippen molar-refractivity contribution >= 4 is 11.9 Å². The van der Waals surface area contributed by atoms with Crippen LogP contribution in [-0.4, -0.2) is 25.7 Å². The smallest absolute Gasteiger partial charge is 0.323 e. The first kappa shape index (κ1) is 14.9. The molecule has 0 aliphatic carbocycles. The topological polar surface area (TPSA) is 52.6 Å². The van der Waals surface area contributed by atoms with Crippen molar-refractivity contribution in [2.45, 2.75) is 40.5 Å². The van der Waals surface area contributed by atoms with E-state index in [0.717, 1.165) is 12.8 Å². The first-order valence-electron chi connectivity index (χ1n) is 5.74. The third kappa shape index (κ3) is 2.74. The van der Waals surface area contributed by atoms with Crippen molar-refractivity contribution in [2.75, 3.05) is 13.7 Å². The highest BCUT2D eigenvalue weighted by Crippen LogP contribution is 2.35. The highest BCUT2D eigenvalue weighted by Gasteiger charge is 2.48. The summed E-state index contributed by atoms with van der Waals surface area (Å²) in [4.78, 5) is 23.7. The summed E-state index contributed by atoms with van der Waals surface area (Å²) in [5, 5.41) is 0. The molecule has 94 valence electrons. The zero-order valence-corrected chi connectivity index (χ0v) is 10.8. The second-order valence-electron chi connectivity index (χ2n) is 3.93. The molecule has 0 saturated heterocycles. The molecule has 1 unspecified atom stereocenters. The number of hydrogen-bond donors (Lipinski definition) is 0. The molecule has 0 N–H and O–H groups in total. The van der Waals surface area contributed by atoms with E-state index in [1.807, 2.05) is 13.8 Å². The number of rotatable bonds is 6. The van der Waals surface area contributed by atoms with Crippen LogP contribution in [0.15, 0.2) is 0 Å². The molecule has 16 heavy (non-hydrogen) atoms. The van der Waals surface area contributed by atoms with Crippen molar-refractivity contribution in [3.63, 3.8) is 0 Å². The van der Waals surface area contributed by atoms with Gasteiger partial charge < -0.3 is 9.47 Å². The molecule has 0 aromatic carbocycles. The monoisotopic (exact) mass is 230 g/mol. The summed E-state index contributed by atoms with van der Waals surface area (Å²) in [6, 6.07) is 0. The second kappa shape index (κ2) is 6.51. The lowest BCUT2D eigenvalue weighted by Gasteiger charge is -2.31. The fraction of sp³-hybridized carbons (Fsp3) is 0.833. The summed E-state index contributed by atoms with van der Waals surface area (Å²) in [6.07, 6.45) is 1.47. The Bertz CT molecular complexity index is 245. The number of carbonyl (C=O) groups is 2. The molecule has 0 saturated carbocycles. The van der Waals surface area contributed by atoms with E-state index >= 15 is 0 Å². The van der Waals surface area contributed by atoms with Gasteiger partial charge in [-0.2, -0.15) is 0 Å². The highest BCUT2D eigenvalue weighted by atomic mass is 16.6. The highest BCUT2D eigenvalue weighted by molar-refractivity contribution is 5.99. The van der Waals surface area contributed by atoms with Gasteiger partial charge in [-0.05, 0) is 19.8 Å². The van der Waals surface area contributed by atoms with E-state index in [1.54, 1.807) is 13.8 Å². The summed E-state index contributed by atoms with van der Waals surface area (Å²) in [6.45, 7) is 7.51. The molecule has 0 fully saturated rings. The number of carbonyl (C=O) groups excluding carboxylic acids is 2. The van der Waals surface area contributed by atoms with Crippen molar-refractivity contribution in [3.05, 3.63) is 0 Å². The van der Waals surface area contributed by atoms with Gasteiger partial charge in [0.15, 0.2) is 5.41 Å². The minimum atomic E-state index is -1.19. The summed E-state index contributed by atoms with van der Waals surface area (Å²) in [7, 11) is 1.29. The van der Waals surface area contributed by atoms with Gasteiger partial charge in [0.1, 0.15) is 0 Å². The molecule has 0 rings (SSSR count). The number of hydrogen-bond acceptors (Lipinski definition) is 4. The quantitative estimate of drug-likeness (QED) is 0.518. The molecule has 0 aliphatic rings. The van der Waals surface area contributed by atoms with Crippen LogP contribution in [0.5, 0.6) is 0 Å². The van der Waals surface area contributed by atoms with Crippen LogP contribution < -0.4 is 0 Å². The number of ether oxygens (including phenoxy) is 2. The fourth-order valence-corrected chi connectivity index (χ4v) is 2.01. The molecule has 1 atom stereocenters. The van der Waals surface area contributed by atoms with Gasteiger partial charge >= 0.3 is 11.9 Å². The predicted octanol–water partition coefficient (Wildman–Crippen LogP) is 2.17. The van der Waals surface area contributed by atoms with E-state index in [2.05, 4.69) is 0 Å². The van der Waals surface area contributed by atoms with E-state index < -0.39 is 17.4 Å². The van der Waals surface area contributed by atoms with E-state index in [9.17, 15) is 9.59 Å². The van der Waals surface area contributed by atoms with Crippen LogP contribution in [0.1, 0.15) is 40.5 Å². The molecule has 4 nitrogen and oxygen atoms in total. The van der Waals surface area contributed by atoms with Crippen molar-refractivity contribution in [1.29, 1.82) is 0 Å². The largest absolute Gasteiger partial charge is 0.468 e. The second-order valence-corrected chi connectivity index (χ2v) is 3.93. The third-order valence-electron chi connectivity index (χ3n) is 3.11. The van der Waals surface area contributed by atoms with Crippen LogP contribution >= 0.6 is 0 Å². The van der Waals surface area contributed by atoms with E-state index in [4.69, 9.17) is 9.47 Å². The normalized spacial score (nSPS) is 14.4. The van der Waals surface area contributed by atoms with Crippen LogP contribution in [0, 0.1) is 11.3 Å². The van der Waals surface area contributed by atoms with Crippen LogP contribution in [-0.2, 0) is 19.1 Å². The maximum Gasteiger partial charge on any atom is 0.323 e. The van der Waals surface area contributed by atoms with Crippen molar-refractivity contribution in [3.8, 4) is 0 Å². The van der Waals surface area contributed by atoms with Gasteiger partial charge in [0.25, 0.3) is 0 Å². The van der Waals surface area contributed by atoms with E-state index in [0.29, 0.717) is 0 Å². The van der Waals surface area contributed by atoms with Gasteiger partial charge in [0.05, 0.1) is 13.7 Å². The van der Waals surface area contributed by atoms with Gasteiger partial charge in [-0.15, -0.1) is 0 Å². The van der Waals surface area contributed by atoms with Gasteiger partial charge in [-0.3, -0.25) is 9.59 Å². The Morgan fingerprint density at radius 3 is 1.94 bits per heavy atom. The Morgan fingerprint density at radius 2 is 1.62 bits per heavy atom. The molecule has 0 spiro atoms. The predicted molar refractivity (Wildman–Crippen MR) is 60.8 cm³/mol. The zero-order chi connectivity index (χ0) is 12.8. The minimum absolute atomic E-state index is 0.0565. The van der Waals surface area contributed by atoms with E-state index in [-0.39, 0.29) is 12.5 Å². The molecule has 0 heterocycles. The van der Waals surface area contributed by atoms with Crippen molar-refractivity contribution < 1.29 is 19.1 Å². The lowest BCUT2D eigenvalue weighted by Crippen LogP contribution is -2.44. The molecular formula is C12H22O4.